The summed E-state index contributed by atoms with van der Waals surface area (Å²) < 4.78 is 0. The topological polar surface area (TPSA) is 64.9 Å². The molecule has 2 rings (SSSR count). The summed E-state index contributed by atoms with van der Waals surface area (Å²) in [6.45, 7) is 2.86. The van der Waals surface area contributed by atoms with Crippen LogP contribution < -0.4 is 10.6 Å². The summed E-state index contributed by atoms with van der Waals surface area (Å²) in [7, 11) is 0. The minimum absolute atomic E-state index is 0.0286. The third-order valence-electron chi connectivity index (χ3n) is 3.22. The normalized spacial score (nSPS) is 22.5. The van der Waals surface area contributed by atoms with Crippen LogP contribution in [0.4, 0.5) is 5.69 Å². The minimum atomic E-state index is -0.0308. The van der Waals surface area contributed by atoms with Crippen molar-refractivity contribution in [2.24, 2.45) is 5.92 Å². The fraction of sp³-hybridized carbons (Fsp3) is 0.385. The predicted octanol–water partition coefficient (Wildman–Crippen LogP) is 2.15. The van der Waals surface area contributed by atoms with Crippen LogP contribution >= 0.6 is 11.6 Å². The van der Waals surface area contributed by atoms with Crippen LogP contribution in [-0.4, -0.2) is 18.5 Å². The summed E-state index contributed by atoms with van der Waals surface area (Å²) >= 11 is 6.01. The molecule has 1 aromatic carbocycles. The summed E-state index contributed by atoms with van der Waals surface area (Å²) in [5.74, 6) is -0.0594. The summed E-state index contributed by atoms with van der Waals surface area (Å²) in [6.07, 6.45) is 0.834. The Morgan fingerprint density at radius 3 is 2.94 bits per heavy atom. The van der Waals surface area contributed by atoms with Crippen molar-refractivity contribution in [2.45, 2.75) is 19.4 Å². The maximum absolute atomic E-state index is 12.1. The molecule has 1 aliphatic heterocycles. The number of nitrogens with one attached hydrogen (secondary N) is 2. The van der Waals surface area contributed by atoms with Gasteiger partial charge in [0.05, 0.1) is 28.3 Å². The smallest absolute Gasteiger partial charge is 0.229 e. The molecule has 0 saturated carbocycles. The molecule has 1 aromatic rings. The number of halogens is 1. The number of benzene rings is 1. The summed E-state index contributed by atoms with van der Waals surface area (Å²) in [6, 6.07) is 7.03. The number of nitrogens with zero attached hydrogens (tertiary/aromatic N) is 1. The van der Waals surface area contributed by atoms with Crippen LogP contribution in [0.15, 0.2) is 18.2 Å². The molecule has 4 nitrogen and oxygen atoms in total. The van der Waals surface area contributed by atoms with Crippen LogP contribution in [0, 0.1) is 17.2 Å². The monoisotopic (exact) mass is 263 g/mol. The van der Waals surface area contributed by atoms with E-state index in [1.54, 1.807) is 18.2 Å². The molecule has 1 amide bonds. The van der Waals surface area contributed by atoms with Crippen molar-refractivity contribution in [1.82, 2.24) is 5.32 Å². The van der Waals surface area contributed by atoms with E-state index in [4.69, 9.17) is 16.9 Å². The van der Waals surface area contributed by atoms with Gasteiger partial charge in [0.1, 0.15) is 0 Å². The largest absolute Gasteiger partial charge is 0.324 e. The van der Waals surface area contributed by atoms with Gasteiger partial charge in [0.15, 0.2) is 0 Å². The lowest BCUT2D eigenvalue weighted by Crippen LogP contribution is -2.32. The van der Waals surface area contributed by atoms with Crippen molar-refractivity contribution in [1.29, 1.82) is 5.26 Å². The third kappa shape index (κ3) is 2.63. The Morgan fingerprint density at radius 2 is 2.39 bits per heavy atom. The second kappa shape index (κ2) is 5.38. The zero-order valence-corrected chi connectivity index (χ0v) is 10.8. The van der Waals surface area contributed by atoms with Gasteiger partial charge in [-0.2, -0.15) is 5.26 Å². The molecular weight excluding hydrogens is 250 g/mol. The van der Waals surface area contributed by atoms with Crippen molar-refractivity contribution >= 4 is 23.2 Å². The molecular formula is C13H14ClN3O. The van der Waals surface area contributed by atoms with Crippen LogP contribution in [0.25, 0.3) is 0 Å². The van der Waals surface area contributed by atoms with Crippen molar-refractivity contribution in [3.63, 3.8) is 0 Å². The third-order valence-corrected chi connectivity index (χ3v) is 3.53. The van der Waals surface area contributed by atoms with Gasteiger partial charge in [0, 0.05) is 6.04 Å². The van der Waals surface area contributed by atoms with Crippen molar-refractivity contribution < 1.29 is 4.79 Å². The second-order valence-corrected chi connectivity index (χ2v) is 4.84. The molecule has 1 saturated heterocycles. The van der Waals surface area contributed by atoms with Gasteiger partial charge in [0.2, 0.25) is 5.91 Å². The first-order valence-corrected chi connectivity index (χ1v) is 6.23. The van der Waals surface area contributed by atoms with E-state index in [1.165, 1.54) is 0 Å². The van der Waals surface area contributed by atoms with Gasteiger partial charge in [-0.25, -0.2) is 0 Å². The number of rotatable bonds is 2. The van der Waals surface area contributed by atoms with E-state index in [-0.39, 0.29) is 17.9 Å². The van der Waals surface area contributed by atoms with Gasteiger partial charge in [0.25, 0.3) is 0 Å². The van der Waals surface area contributed by atoms with Crippen molar-refractivity contribution in [3.8, 4) is 6.07 Å². The first-order valence-electron chi connectivity index (χ1n) is 5.85. The molecule has 0 radical (unpaired) electrons. The van der Waals surface area contributed by atoms with Gasteiger partial charge in [-0.15, -0.1) is 0 Å². The van der Waals surface area contributed by atoms with E-state index in [1.807, 2.05) is 13.0 Å². The lowest BCUT2D eigenvalue weighted by molar-refractivity contribution is -0.119. The quantitative estimate of drug-likeness (QED) is 0.859. The highest BCUT2D eigenvalue weighted by Crippen LogP contribution is 2.25. The molecule has 94 valence electrons. The Kier molecular flexibility index (Phi) is 3.85. The number of nitriles is 1. The molecule has 1 heterocycles. The average molecular weight is 264 g/mol. The lowest BCUT2D eigenvalue weighted by atomic mass is 10.0. The van der Waals surface area contributed by atoms with Crippen LogP contribution in [0.1, 0.15) is 18.9 Å². The van der Waals surface area contributed by atoms with Gasteiger partial charge >= 0.3 is 0 Å². The van der Waals surface area contributed by atoms with E-state index in [0.29, 0.717) is 16.3 Å². The number of carbonyl (C=O) groups excluding carboxylic acids is 1. The van der Waals surface area contributed by atoms with E-state index in [9.17, 15) is 4.79 Å². The molecule has 2 unspecified atom stereocenters. The van der Waals surface area contributed by atoms with Gasteiger partial charge in [-0.1, -0.05) is 11.6 Å². The maximum atomic E-state index is 12.1. The molecule has 1 fully saturated rings. The van der Waals surface area contributed by atoms with E-state index in [0.717, 1.165) is 13.0 Å². The van der Waals surface area contributed by atoms with E-state index >= 15 is 0 Å². The van der Waals surface area contributed by atoms with E-state index < -0.39 is 0 Å². The average Bonchev–Trinajstić information content (AvgIpc) is 2.78. The fourth-order valence-corrected chi connectivity index (χ4v) is 2.36. The number of anilines is 1. The molecule has 5 heteroatoms. The van der Waals surface area contributed by atoms with Crippen molar-refractivity contribution in [2.75, 3.05) is 11.9 Å². The highest BCUT2D eigenvalue weighted by atomic mass is 35.5. The molecule has 0 aliphatic carbocycles. The van der Waals surface area contributed by atoms with Gasteiger partial charge in [-0.3, -0.25) is 4.79 Å². The van der Waals surface area contributed by atoms with Crippen LogP contribution in [0.2, 0.25) is 5.02 Å². The van der Waals surface area contributed by atoms with Crippen molar-refractivity contribution in [3.05, 3.63) is 28.8 Å². The number of hydrogen-bond acceptors (Lipinski definition) is 3. The van der Waals surface area contributed by atoms with Gasteiger partial charge in [-0.05, 0) is 38.1 Å². The molecule has 0 aromatic heterocycles. The van der Waals surface area contributed by atoms with Crippen LogP contribution in [-0.2, 0) is 4.79 Å². The number of amides is 1. The number of carbonyl (C=O) groups is 1. The zero-order valence-electron chi connectivity index (χ0n) is 10.0. The lowest BCUT2D eigenvalue weighted by Gasteiger charge is -2.15. The van der Waals surface area contributed by atoms with Crippen LogP contribution in [0.5, 0.6) is 0 Å². The Bertz CT molecular complexity index is 509. The van der Waals surface area contributed by atoms with Gasteiger partial charge < -0.3 is 10.6 Å². The standard InChI is InChI=1S/C13H14ClN3O/c1-8-10(4-5-16-8)13(18)17-12-3-2-9(7-15)6-11(12)14/h2-3,6,8,10,16H,4-5H2,1H3,(H,17,18). The molecule has 18 heavy (non-hydrogen) atoms. The summed E-state index contributed by atoms with van der Waals surface area (Å²) in [5, 5.41) is 15.2. The first-order chi connectivity index (χ1) is 8.61. The highest BCUT2D eigenvalue weighted by Gasteiger charge is 2.29. The summed E-state index contributed by atoms with van der Waals surface area (Å²) in [4.78, 5) is 12.1. The van der Waals surface area contributed by atoms with Crippen LogP contribution in [0.3, 0.4) is 0 Å². The Balaban J connectivity index is 2.10. The fourth-order valence-electron chi connectivity index (χ4n) is 2.13. The maximum Gasteiger partial charge on any atom is 0.229 e. The predicted molar refractivity (Wildman–Crippen MR) is 70.4 cm³/mol. The Morgan fingerprint density at radius 1 is 1.61 bits per heavy atom. The molecule has 2 N–H and O–H groups in total. The zero-order chi connectivity index (χ0) is 13.1. The second-order valence-electron chi connectivity index (χ2n) is 4.43. The molecule has 2 atom stereocenters. The SMILES string of the molecule is CC1NCCC1C(=O)Nc1ccc(C#N)cc1Cl. The molecule has 0 spiro atoms. The first kappa shape index (κ1) is 12.9. The number of hydrogen-bond donors (Lipinski definition) is 2. The highest BCUT2D eigenvalue weighted by molar-refractivity contribution is 6.33. The molecule has 0 bridgehead atoms. The molecule has 1 aliphatic rings. The van der Waals surface area contributed by atoms with E-state index in [2.05, 4.69) is 10.6 Å². The Labute approximate surface area is 111 Å². The minimum Gasteiger partial charge on any atom is -0.324 e. The summed E-state index contributed by atoms with van der Waals surface area (Å²) in [5.41, 5.74) is 1.04. The Hall–Kier alpha value is -1.57.